The van der Waals surface area contributed by atoms with E-state index in [0.717, 1.165) is 24.3 Å². The molecule has 22 heavy (non-hydrogen) atoms. The van der Waals surface area contributed by atoms with E-state index in [4.69, 9.17) is 20.4 Å². The Morgan fingerprint density at radius 3 is 2.18 bits per heavy atom. The van der Waals surface area contributed by atoms with Crippen molar-refractivity contribution in [2.24, 2.45) is 0 Å². The standard InChI is InChI=1S/C13H12O9/c14-7-3-1-6(5-8(7)15)2-4-9(16)22-11(13(20)21)10(17)12(18)19/h1-5,10-11,14-15,17H,(H,18,19)(H,20,21)/b4-2-/t10-,11-/m1/s1. The second kappa shape index (κ2) is 7.09. The monoisotopic (exact) mass is 312 g/mol. The predicted octanol–water partition coefficient (Wildman–Crippen LogP) is -0.447. The molecule has 0 heterocycles. The van der Waals surface area contributed by atoms with Crippen molar-refractivity contribution in [2.75, 3.05) is 0 Å². The van der Waals surface area contributed by atoms with Gasteiger partial charge in [0, 0.05) is 6.08 Å². The third-order valence-corrected chi connectivity index (χ3v) is 2.44. The number of phenols is 2. The second-order valence-corrected chi connectivity index (χ2v) is 4.06. The SMILES string of the molecule is O=C(/C=C\c1ccc(O)c(O)c1)O[C@@H](C(=O)O)[C@@H](O)C(=O)O. The number of carbonyl (C=O) groups excluding carboxylic acids is 1. The van der Waals surface area contributed by atoms with Crippen LogP contribution in [-0.2, 0) is 19.1 Å². The zero-order valence-corrected chi connectivity index (χ0v) is 10.9. The van der Waals surface area contributed by atoms with Gasteiger partial charge in [-0.3, -0.25) is 0 Å². The molecule has 0 saturated carbocycles. The molecular formula is C13H12O9. The van der Waals surface area contributed by atoms with Crippen LogP contribution in [0, 0.1) is 0 Å². The Balaban J connectivity index is 2.78. The molecule has 1 aromatic carbocycles. The number of aliphatic carboxylic acids is 2. The molecule has 1 aromatic rings. The second-order valence-electron chi connectivity index (χ2n) is 4.06. The average molecular weight is 312 g/mol. The Labute approximate surface area is 123 Å². The molecule has 0 amide bonds. The van der Waals surface area contributed by atoms with Gasteiger partial charge >= 0.3 is 17.9 Å². The van der Waals surface area contributed by atoms with Crippen molar-refractivity contribution < 1.29 is 44.7 Å². The Kier molecular flexibility index (Phi) is 5.47. The summed E-state index contributed by atoms with van der Waals surface area (Å²) in [6.07, 6.45) is -2.76. The highest BCUT2D eigenvalue weighted by Gasteiger charge is 2.35. The van der Waals surface area contributed by atoms with Crippen LogP contribution in [0.1, 0.15) is 5.56 Å². The number of hydrogen-bond donors (Lipinski definition) is 5. The fraction of sp³-hybridized carbons (Fsp3) is 0.154. The lowest BCUT2D eigenvalue weighted by atomic mass is 10.2. The summed E-state index contributed by atoms with van der Waals surface area (Å²) in [4.78, 5) is 32.7. The fourth-order valence-electron chi connectivity index (χ4n) is 1.35. The van der Waals surface area contributed by atoms with E-state index < -0.39 is 35.9 Å². The highest BCUT2D eigenvalue weighted by atomic mass is 16.6. The first-order valence-corrected chi connectivity index (χ1v) is 5.76. The minimum atomic E-state index is -2.41. The van der Waals surface area contributed by atoms with E-state index in [0.29, 0.717) is 0 Å². The molecule has 0 aromatic heterocycles. The molecule has 0 radical (unpaired) electrons. The van der Waals surface area contributed by atoms with Gasteiger partial charge in [-0.05, 0) is 23.8 Å². The van der Waals surface area contributed by atoms with Crippen molar-refractivity contribution in [3.63, 3.8) is 0 Å². The van der Waals surface area contributed by atoms with Crippen molar-refractivity contribution in [3.8, 4) is 11.5 Å². The molecular weight excluding hydrogens is 300 g/mol. The maximum Gasteiger partial charge on any atom is 0.348 e. The lowest BCUT2D eigenvalue weighted by Crippen LogP contribution is -2.42. The molecule has 0 aliphatic rings. The molecule has 9 nitrogen and oxygen atoms in total. The van der Waals surface area contributed by atoms with Crippen molar-refractivity contribution >= 4 is 24.0 Å². The number of carboxylic acid groups (broad SMARTS) is 2. The summed E-state index contributed by atoms with van der Waals surface area (Å²) in [7, 11) is 0. The molecule has 9 heteroatoms. The van der Waals surface area contributed by atoms with Crippen LogP contribution in [0.4, 0.5) is 0 Å². The Hall–Kier alpha value is -3.07. The molecule has 0 aliphatic carbocycles. The molecule has 0 aliphatic heterocycles. The van der Waals surface area contributed by atoms with E-state index in [1.807, 2.05) is 0 Å². The number of carboxylic acids is 2. The van der Waals surface area contributed by atoms with Crippen LogP contribution < -0.4 is 0 Å². The van der Waals surface area contributed by atoms with Crippen LogP contribution in [0.25, 0.3) is 6.08 Å². The first kappa shape index (κ1) is 17.0. The van der Waals surface area contributed by atoms with Crippen LogP contribution in [0.15, 0.2) is 24.3 Å². The maximum atomic E-state index is 11.4. The molecule has 0 saturated heterocycles. The molecule has 1 rings (SSSR count). The lowest BCUT2D eigenvalue weighted by Gasteiger charge is -2.15. The zero-order chi connectivity index (χ0) is 16.9. The Bertz CT molecular complexity index is 620. The summed E-state index contributed by atoms with van der Waals surface area (Å²) in [5, 5.41) is 44.7. The predicted molar refractivity (Wildman–Crippen MR) is 70.0 cm³/mol. The number of benzene rings is 1. The fourth-order valence-corrected chi connectivity index (χ4v) is 1.35. The molecule has 5 N–H and O–H groups in total. The first-order valence-electron chi connectivity index (χ1n) is 5.76. The topological polar surface area (TPSA) is 162 Å². The quantitative estimate of drug-likeness (QED) is 0.266. The van der Waals surface area contributed by atoms with Gasteiger partial charge in [-0.2, -0.15) is 0 Å². The maximum absolute atomic E-state index is 11.4. The highest BCUT2D eigenvalue weighted by molar-refractivity contribution is 5.91. The van der Waals surface area contributed by atoms with Gasteiger partial charge < -0.3 is 30.3 Å². The van der Waals surface area contributed by atoms with Crippen molar-refractivity contribution in [3.05, 3.63) is 29.8 Å². The van der Waals surface area contributed by atoms with E-state index in [-0.39, 0.29) is 11.3 Å². The normalized spacial score (nSPS) is 13.5. The number of aliphatic hydroxyl groups excluding tert-OH is 1. The number of carbonyl (C=O) groups is 3. The molecule has 0 unspecified atom stereocenters. The Morgan fingerprint density at radius 1 is 1.05 bits per heavy atom. The van der Waals surface area contributed by atoms with E-state index in [9.17, 15) is 19.5 Å². The number of phenolic OH excluding ortho intramolecular Hbond substituents is 2. The third kappa shape index (κ3) is 4.49. The van der Waals surface area contributed by atoms with Crippen LogP contribution in [0.3, 0.4) is 0 Å². The largest absolute Gasteiger partial charge is 0.504 e. The van der Waals surface area contributed by atoms with Crippen LogP contribution in [-0.4, -0.2) is 55.6 Å². The first-order chi connectivity index (χ1) is 10.2. The van der Waals surface area contributed by atoms with Crippen LogP contribution >= 0.6 is 0 Å². The molecule has 2 atom stereocenters. The zero-order valence-electron chi connectivity index (χ0n) is 10.9. The minimum absolute atomic E-state index is 0.290. The summed E-state index contributed by atoms with van der Waals surface area (Å²) in [6, 6.07) is 3.63. The number of esters is 1. The van der Waals surface area contributed by atoms with Gasteiger partial charge in [0.25, 0.3) is 0 Å². The number of hydrogen-bond acceptors (Lipinski definition) is 7. The van der Waals surface area contributed by atoms with Crippen molar-refractivity contribution in [2.45, 2.75) is 12.2 Å². The third-order valence-electron chi connectivity index (χ3n) is 2.44. The van der Waals surface area contributed by atoms with Gasteiger partial charge in [-0.25, -0.2) is 14.4 Å². The van der Waals surface area contributed by atoms with Gasteiger partial charge in [0.15, 0.2) is 17.6 Å². The van der Waals surface area contributed by atoms with Gasteiger partial charge in [0.2, 0.25) is 6.10 Å². The van der Waals surface area contributed by atoms with Gasteiger partial charge in [-0.1, -0.05) is 6.07 Å². The van der Waals surface area contributed by atoms with Crippen LogP contribution in [0.2, 0.25) is 0 Å². The smallest absolute Gasteiger partial charge is 0.348 e. The van der Waals surface area contributed by atoms with Gasteiger partial charge in [0.05, 0.1) is 0 Å². The molecule has 0 spiro atoms. The van der Waals surface area contributed by atoms with Crippen molar-refractivity contribution in [1.82, 2.24) is 0 Å². The molecule has 0 fully saturated rings. The van der Waals surface area contributed by atoms with E-state index >= 15 is 0 Å². The number of rotatable bonds is 6. The van der Waals surface area contributed by atoms with Gasteiger partial charge in [0.1, 0.15) is 0 Å². The van der Waals surface area contributed by atoms with Crippen LogP contribution in [0.5, 0.6) is 11.5 Å². The molecule has 118 valence electrons. The summed E-state index contributed by atoms with van der Waals surface area (Å²) in [5.41, 5.74) is 0.290. The minimum Gasteiger partial charge on any atom is -0.504 e. The van der Waals surface area contributed by atoms with Crippen molar-refractivity contribution in [1.29, 1.82) is 0 Å². The van der Waals surface area contributed by atoms with E-state index in [2.05, 4.69) is 4.74 Å². The highest BCUT2D eigenvalue weighted by Crippen LogP contribution is 2.25. The van der Waals surface area contributed by atoms with E-state index in [1.165, 1.54) is 6.07 Å². The lowest BCUT2D eigenvalue weighted by molar-refractivity contribution is -0.176. The summed E-state index contributed by atoms with van der Waals surface area (Å²) in [5.74, 6) is -5.68. The molecule has 0 bridgehead atoms. The number of ether oxygens (including phenoxy) is 1. The summed E-state index contributed by atoms with van der Waals surface area (Å²) >= 11 is 0. The summed E-state index contributed by atoms with van der Waals surface area (Å²) < 4.78 is 4.34. The number of aliphatic hydroxyl groups is 1. The van der Waals surface area contributed by atoms with Gasteiger partial charge in [-0.15, -0.1) is 0 Å². The average Bonchev–Trinajstić information content (AvgIpc) is 2.44. The number of aromatic hydroxyl groups is 2. The Morgan fingerprint density at radius 2 is 1.68 bits per heavy atom. The van der Waals surface area contributed by atoms with E-state index in [1.54, 1.807) is 0 Å². The summed E-state index contributed by atoms with van der Waals surface area (Å²) in [6.45, 7) is 0.